The zero-order valence-corrected chi connectivity index (χ0v) is 13.8. The molecule has 1 saturated carbocycles. The smallest absolute Gasteiger partial charge is 0.227 e. The second kappa shape index (κ2) is 8.11. The van der Waals surface area contributed by atoms with Crippen molar-refractivity contribution in [3.05, 3.63) is 29.8 Å². The average molecular weight is 318 g/mol. The molecule has 0 saturated heterocycles. The van der Waals surface area contributed by atoms with E-state index in [0.717, 1.165) is 24.1 Å². The molecular weight excluding hydrogens is 292 g/mol. The topological polar surface area (TPSA) is 78.4 Å². The lowest BCUT2D eigenvalue weighted by Crippen LogP contribution is -2.40. The summed E-state index contributed by atoms with van der Waals surface area (Å²) in [5.41, 5.74) is 1.67. The van der Waals surface area contributed by atoms with E-state index in [9.17, 15) is 9.59 Å². The molecular formula is C18H26N2O3. The van der Waals surface area contributed by atoms with Gasteiger partial charge in [0.25, 0.3) is 0 Å². The van der Waals surface area contributed by atoms with Crippen LogP contribution in [-0.2, 0) is 16.0 Å². The molecule has 2 amide bonds. The van der Waals surface area contributed by atoms with Crippen LogP contribution < -0.4 is 10.6 Å². The van der Waals surface area contributed by atoms with E-state index in [-0.39, 0.29) is 36.3 Å². The first-order valence-corrected chi connectivity index (χ1v) is 8.29. The molecule has 3 N–H and O–H groups in total. The fourth-order valence-corrected chi connectivity index (χ4v) is 2.45. The Bertz CT molecular complexity index is 536. The molecule has 1 atom stereocenters. The lowest BCUT2D eigenvalue weighted by molar-refractivity contribution is -0.121. The van der Waals surface area contributed by atoms with Crippen molar-refractivity contribution < 1.29 is 14.7 Å². The number of carbonyl (C=O) groups excluding carboxylic acids is 2. The van der Waals surface area contributed by atoms with E-state index in [2.05, 4.69) is 10.6 Å². The van der Waals surface area contributed by atoms with Crippen LogP contribution in [0.15, 0.2) is 24.3 Å². The molecule has 1 aromatic carbocycles. The molecule has 0 radical (unpaired) electrons. The molecule has 1 fully saturated rings. The van der Waals surface area contributed by atoms with Crippen LogP contribution in [0.25, 0.3) is 0 Å². The standard InChI is InChI=1S/C18H26N2O3/c1-12(2)16(9-10-21)20-17(22)11-13-3-7-15(8-4-13)19-18(23)14-5-6-14/h3-4,7-8,12,14,16,21H,5-6,9-11H2,1-2H3,(H,19,23)(H,20,22). The first-order valence-electron chi connectivity index (χ1n) is 8.29. The van der Waals surface area contributed by atoms with Gasteiger partial charge in [0.15, 0.2) is 0 Å². The van der Waals surface area contributed by atoms with Crippen LogP contribution in [-0.4, -0.2) is 29.6 Å². The lowest BCUT2D eigenvalue weighted by atomic mass is 10.0. The molecule has 0 aliphatic heterocycles. The normalized spacial score (nSPS) is 15.3. The second-order valence-electron chi connectivity index (χ2n) is 6.57. The third-order valence-electron chi connectivity index (χ3n) is 4.13. The Labute approximate surface area is 137 Å². The number of benzene rings is 1. The van der Waals surface area contributed by atoms with Crippen molar-refractivity contribution in [2.24, 2.45) is 11.8 Å². The average Bonchev–Trinajstić information content (AvgIpc) is 3.33. The highest BCUT2D eigenvalue weighted by atomic mass is 16.3. The molecule has 0 bridgehead atoms. The minimum atomic E-state index is -0.0492. The number of aliphatic hydroxyl groups is 1. The van der Waals surface area contributed by atoms with Crippen molar-refractivity contribution in [1.82, 2.24) is 5.32 Å². The number of carbonyl (C=O) groups is 2. The summed E-state index contributed by atoms with van der Waals surface area (Å²) >= 11 is 0. The summed E-state index contributed by atoms with van der Waals surface area (Å²) in [6.07, 6.45) is 2.82. The minimum Gasteiger partial charge on any atom is -0.396 e. The number of hydrogen-bond acceptors (Lipinski definition) is 3. The first kappa shape index (κ1) is 17.5. The number of hydrogen-bond donors (Lipinski definition) is 3. The Kier molecular flexibility index (Phi) is 6.16. The van der Waals surface area contributed by atoms with Gasteiger partial charge in [0.1, 0.15) is 0 Å². The maximum atomic E-state index is 12.1. The summed E-state index contributed by atoms with van der Waals surface area (Å²) in [6, 6.07) is 7.37. The highest BCUT2D eigenvalue weighted by molar-refractivity contribution is 5.94. The molecule has 5 nitrogen and oxygen atoms in total. The fourth-order valence-electron chi connectivity index (χ4n) is 2.45. The Balaban J connectivity index is 1.84. The third-order valence-corrected chi connectivity index (χ3v) is 4.13. The van der Waals surface area contributed by atoms with Gasteiger partial charge in [-0.2, -0.15) is 0 Å². The van der Waals surface area contributed by atoms with Crippen LogP contribution >= 0.6 is 0 Å². The van der Waals surface area contributed by atoms with Crippen molar-refractivity contribution >= 4 is 17.5 Å². The quantitative estimate of drug-likeness (QED) is 0.687. The van der Waals surface area contributed by atoms with Crippen molar-refractivity contribution in [2.75, 3.05) is 11.9 Å². The van der Waals surface area contributed by atoms with E-state index in [1.165, 1.54) is 0 Å². The van der Waals surface area contributed by atoms with E-state index < -0.39 is 0 Å². The van der Waals surface area contributed by atoms with Gasteiger partial charge in [0, 0.05) is 24.3 Å². The molecule has 1 unspecified atom stereocenters. The van der Waals surface area contributed by atoms with Gasteiger partial charge in [-0.25, -0.2) is 0 Å². The molecule has 0 aromatic heterocycles. The Hall–Kier alpha value is -1.88. The summed E-state index contributed by atoms with van der Waals surface area (Å²) < 4.78 is 0. The van der Waals surface area contributed by atoms with E-state index in [0.29, 0.717) is 12.8 Å². The Morgan fingerprint density at radius 3 is 2.39 bits per heavy atom. The Morgan fingerprint density at radius 2 is 1.87 bits per heavy atom. The molecule has 0 spiro atoms. The maximum Gasteiger partial charge on any atom is 0.227 e. The zero-order chi connectivity index (χ0) is 16.8. The van der Waals surface area contributed by atoms with Crippen LogP contribution in [0.3, 0.4) is 0 Å². The number of aliphatic hydroxyl groups excluding tert-OH is 1. The van der Waals surface area contributed by atoms with Crippen LogP contribution in [0.5, 0.6) is 0 Å². The third kappa shape index (κ3) is 5.67. The SMILES string of the molecule is CC(C)C(CCO)NC(=O)Cc1ccc(NC(=O)C2CC2)cc1. The highest BCUT2D eigenvalue weighted by Crippen LogP contribution is 2.30. The number of nitrogens with one attached hydrogen (secondary N) is 2. The summed E-state index contributed by atoms with van der Waals surface area (Å²) in [7, 11) is 0. The highest BCUT2D eigenvalue weighted by Gasteiger charge is 2.29. The summed E-state index contributed by atoms with van der Waals surface area (Å²) in [5.74, 6) is 0.497. The van der Waals surface area contributed by atoms with Crippen molar-refractivity contribution in [1.29, 1.82) is 0 Å². The molecule has 5 heteroatoms. The molecule has 1 aliphatic carbocycles. The van der Waals surface area contributed by atoms with Gasteiger partial charge >= 0.3 is 0 Å². The van der Waals surface area contributed by atoms with E-state index in [4.69, 9.17) is 5.11 Å². The van der Waals surface area contributed by atoms with Gasteiger partial charge in [0.2, 0.25) is 11.8 Å². The summed E-state index contributed by atoms with van der Waals surface area (Å²) in [5, 5.41) is 14.9. The molecule has 126 valence electrons. The van der Waals surface area contributed by atoms with Crippen molar-refractivity contribution in [3.63, 3.8) is 0 Å². The van der Waals surface area contributed by atoms with Crippen LogP contribution in [0.1, 0.15) is 38.7 Å². The summed E-state index contributed by atoms with van der Waals surface area (Å²) in [4.78, 5) is 23.8. The first-order chi connectivity index (χ1) is 11.0. The second-order valence-corrected chi connectivity index (χ2v) is 6.57. The predicted octanol–water partition coefficient (Wildman–Crippen LogP) is 2.10. The predicted molar refractivity (Wildman–Crippen MR) is 90.0 cm³/mol. The van der Waals surface area contributed by atoms with Gasteiger partial charge < -0.3 is 15.7 Å². The fraction of sp³-hybridized carbons (Fsp3) is 0.556. The van der Waals surface area contributed by atoms with Gasteiger partial charge in [-0.05, 0) is 42.9 Å². The van der Waals surface area contributed by atoms with Gasteiger partial charge in [-0.3, -0.25) is 9.59 Å². The number of rotatable bonds is 8. The molecule has 1 aliphatic rings. The maximum absolute atomic E-state index is 12.1. The van der Waals surface area contributed by atoms with Gasteiger partial charge in [-0.15, -0.1) is 0 Å². The minimum absolute atomic E-state index is 0.00963. The zero-order valence-electron chi connectivity index (χ0n) is 13.8. The number of anilines is 1. The molecule has 0 heterocycles. The van der Waals surface area contributed by atoms with Gasteiger partial charge in [-0.1, -0.05) is 26.0 Å². The van der Waals surface area contributed by atoms with Crippen molar-refractivity contribution in [2.45, 2.75) is 45.6 Å². The summed E-state index contributed by atoms with van der Waals surface area (Å²) in [6.45, 7) is 4.12. The van der Waals surface area contributed by atoms with E-state index in [1.807, 2.05) is 38.1 Å². The van der Waals surface area contributed by atoms with Crippen LogP contribution in [0, 0.1) is 11.8 Å². The van der Waals surface area contributed by atoms with E-state index in [1.54, 1.807) is 0 Å². The van der Waals surface area contributed by atoms with Gasteiger partial charge in [0.05, 0.1) is 6.42 Å². The number of amides is 2. The van der Waals surface area contributed by atoms with E-state index >= 15 is 0 Å². The monoisotopic (exact) mass is 318 g/mol. The molecule has 2 rings (SSSR count). The largest absolute Gasteiger partial charge is 0.396 e. The van der Waals surface area contributed by atoms with Crippen molar-refractivity contribution in [3.8, 4) is 0 Å². The Morgan fingerprint density at radius 1 is 1.22 bits per heavy atom. The lowest BCUT2D eigenvalue weighted by Gasteiger charge is -2.21. The molecule has 23 heavy (non-hydrogen) atoms. The van der Waals surface area contributed by atoms with Crippen LogP contribution in [0.4, 0.5) is 5.69 Å². The van der Waals surface area contributed by atoms with Crippen LogP contribution in [0.2, 0.25) is 0 Å². The molecule has 1 aromatic rings.